The average molecular weight is 322 g/mol. The maximum atomic E-state index is 12.5. The Labute approximate surface area is 135 Å². The van der Waals surface area contributed by atoms with Crippen LogP contribution in [0.15, 0.2) is 11.6 Å². The van der Waals surface area contributed by atoms with Gasteiger partial charge in [0.2, 0.25) is 0 Å². The molecule has 7 heteroatoms. The smallest absolute Gasteiger partial charge is 0.419 e. The first-order chi connectivity index (χ1) is 10.2. The summed E-state index contributed by atoms with van der Waals surface area (Å²) >= 11 is 0. The van der Waals surface area contributed by atoms with Crippen LogP contribution >= 0.6 is 0 Å². The highest BCUT2D eigenvalue weighted by atomic mass is 16.6. The summed E-state index contributed by atoms with van der Waals surface area (Å²) in [4.78, 5) is 37.6. The van der Waals surface area contributed by atoms with Gasteiger partial charge in [0.25, 0.3) is 11.4 Å². The van der Waals surface area contributed by atoms with Crippen molar-refractivity contribution in [3.8, 4) is 6.07 Å². The number of ether oxygens (including phenoxy) is 2. The molecule has 2 amide bonds. The molecule has 0 aliphatic carbocycles. The van der Waals surface area contributed by atoms with Gasteiger partial charge >= 0.3 is 12.1 Å². The van der Waals surface area contributed by atoms with Gasteiger partial charge in [-0.05, 0) is 54.5 Å². The molecular weight excluding hydrogens is 300 g/mol. The minimum absolute atomic E-state index is 0.100. The van der Waals surface area contributed by atoms with Crippen LogP contribution in [0.5, 0.6) is 0 Å². The minimum atomic E-state index is -2.16. The molecule has 1 aliphatic heterocycles. The van der Waals surface area contributed by atoms with Gasteiger partial charge in [0, 0.05) is 5.57 Å². The lowest BCUT2D eigenvalue weighted by molar-refractivity contribution is -0.164. The Bertz CT molecular complexity index is 616. The van der Waals surface area contributed by atoms with Crippen molar-refractivity contribution in [3.05, 3.63) is 11.6 Å². The molecular formula is C16H22N2O5. The van der Waals surface area contributed by atoms with Gasteiger partial charge in [-0.3, -0.25) is 4.79 Å². The van der Waals surface area contributed by atoms with E-state index in [1.807, 2.05) is 0 Å². The Balaban J connectivity index is 3.32. The van der Waals surface area contributed by atoms with Gasteiger partial charge in [-0.15, -0.1) is 0 Å². The maximum absolute atomic E-state index is 12.5. The van der Waals surface area contributed by atoms with Crippen molar-refractivity contribution < 1.29 is 23.9 Å². The van der Waals surface area contributed by atoms with E-state index < -0.39 is 34.7 Å². The highest BCUT2D eigenvalue weighted by Crippen LogP contribution is 2.32. The SMILES string of the molecule is CC1=C[C@](C#N)(C(=O)OC(C)(C)C)N(C(=O)OC(C)(C)C)C1=O. The van der Waals surface area contributed by atoms with Crippen LogP contribution in [0, 0.1) is 11.3 Å². The first kappa shape index (κ1) is 18.7. The third kappa shape index (κ3) is 3.89. The molecule has 126 valence electrons. The van der Waals surface area contributed by atoms with E-state index in [0.717, 1.165) is 6.08 Å². The lowest BCUT2D eigenvalue weighted by Gasteiger charge is -2.32. The van der Waals surface area contributed by atoms with E-state index in [0.29, 0.717) is 4.90 Å². The second-order valence-electron chi connectivity index (χ2n) is 7.33. The maximum Gasteiger partial charge on any atom is 0.419 e. The largest absolute Gasteiger partial charge is 0.457 e. The highest BCUT2D eigenvalue weighted by molar-refractivity contribution is 6.12. The minimum Gasteiger partial charge on any atom is -0.457 e. The zero-order valence-electron chi connectivity index (χ0n) is 14.5. The molecule has 1 heterocycles. The summed E-state index contributed by atoms with van der Waals surface area (Å²) in [5.41, 5.74) is -3.82. The zero-order chi connectivity index (χ0) is 18.2. The van der Waals surface area contributed by atoms with Gasteiger partial charge in [0.1, 0.15) is 17.3 Å². The van der Waals surface area contributed by atoms with Crippen LogP contribution in [-0.2, 0) is 19.1 Å². The fourth-order valence-corrected chi connectivity index (χ4v) is 1.94. The Kier molecular flexibility index (Phi) is 4.62. The lowest BCUT2D eigenvalue weighted by Crippen LogP contribution is -2.57. The molecule has 1 atom stereocenters. The van der Waals surface area contributed by atoms with Crippen molar-refractivity contribution in [3.63, 3.8) is 0 Å². The second-order valence-corrected chi connectivity index (χ2v) is 7.33. The number of rotatable bonds is 1. The number of nitrogens with zero attached hydrogens (tertiary/aromatic N) is 2. The predicted molar refractivity (Wildman–Crippen MR) is 81.0 cm³/mol. The Morgan fingerprint density at radius 1 is 1.13 bits per heavy atom. The number of nitriles is 1. The van der Waals surface area contributed by atoms with Crippen molar-refractivity contribution in [2.75, 3.05) is 0 Å². The van der Waals surface area contributed by atoms with Gasteiger partial charge in [0.05, 0.1) is 0 Å². The van der Waals surface area contributed by atoms with E-state index in [-0.39, 0.29) is 5.57 Å². The molecule has 0 bridgehead atoms. The standard InChI is InChI=1S/C16H22N2O5/c1-10-8-16(9-17,12(20)22-14(2,3)4)18(11(10)19)13(21)23-15(5,6)7/h8H,1-7H3/t16-/m0/s1. The summed E-state index contributed by atoms with van der Waals surface area (Å²) in [5, 5.41) is 9.54. The van der Waals surface area contributed by atoms with Crippen molar-refractivity contribution in [2.45, 2.75) is 65.2 Å². The van der Waals surface area contributed by atoms with Crippen LogP contribution in [0.4, 0.5) is 4.79 Å². The predicted octanol–water partition coefficient (Wildman–Crippen LogP) is 2.31. The fraction of sp³-hybridized carbons (Fsp3) is 0.625. The van der Waals surface area contributed by atoms with Crippen LogP contribution in [0.1, 0.15) is 48.5 Å². The third-order valence-corrected chi connectivity index (χ3v) is 2.78. The molecule has 0 aromatic heterocycles. The molecule has 1 rings (SSSR count). The van der Waals surface area contributed by atoms with E-state index in [9.17, 15) is 19.6 Å². The van der Waals surface area contributed by atoms with Crippen molar-refractivity contribution >= 4 is 18.0 Å². The van der Waals surface area contributed by atoms with Gasteiger partial charge in [-0.25, -0.2) is 14.5 Å². The van der Waals surface area contributed by atoms with E-state index >= 15 is 0 Å². The van der Waals surface area contributed by atoms with Crippen LogP contribution in [0.2, 0.25) is 0 Å². The van der Waals surface area contributed by atoms with Crippen molar-refractivity contribution in [1.29, 1.82) is 5.26 Å². The quantitative estimate of drug-likeness (QED) is 0.687. The molecule has 0 aromatic carbocycles. The number of imide groups is 1. The van der Waals surface area contributed by atoms with E-state index in [4.69, 9.17) is 9.47 Å². The third-order valence-electron chi connectivity index (χ3n) is 2.78. The fourth-order valence-electron chi connectivity index (χ4n) is 1.94. The van der Waals surface area contributed by atoms with Crippen LogP contribution in [0.25, 0.3) is 0 Å². The van der Waals surface area contributed by atoms with Crippen molar-refractivity contribution in [1.82, 2.24) is 4.90 Å². The second kappa shape index (κ2) is 5.69. The summed E-state index contributed by atoms with van der Waals surface area (Å²) in [6.07, 6.45) is 0.0656. The summed E-state index contributed by atoms with van der Waals surface area (Å²) in [6, 6.07) is 1.73. The highest BCUT2D eigenvalue weighted by Gasteiger charge is 2.57. The summed E-state index contributed by atoms with van der Waals surface area (Å²) < 4.78 is 10.4. The zero-order valence-corrected chi connectivity index (χ0v) is 14.5. The summed E-state index contributed by atoms with van der Waals surface area (Å²) in [7, 11) is 0. The number of carbonyl (C=O) groups is 3. The molecule has 1 aliphatic rings. The molecule has 0 saturated carbocycles. The Hall–Kier alpha value is -2.36. The Morgan fingerprint density at radius 3 is 2.00 bits per heavy atom. The first-order valence-corrected chi connectivity index (χ1v) is 7.15. The summed E-state index contributed by atoms with van der Waals surface area (Å²) in [6.45, 7) is 11.2. The molecule has 0 saturated heterocycles. The number of carbonyl (C=O) groups excluding carboxylic acids is 3. The number of hydrogen-bond acceptors (Lipinski definition) is 6. The molecule has 0 radical (unpaired) electrons. The molecule has 23 heavy (non-hydrogen) atoms. The van der Waals surface area contributed by atoms with Gasteiger partial charge in [0.15, 0.2) is 0 Å². The first-order valence-electron chi connectivity index (χ1n) is 7.15. The number of hydrogen-bond donors (Lipinski definition) is 0. The lowest BCUT2D eigenvalue weighted by atomic mass is 10.0. The average Bonchev–Trinajstić information content (AvgIpc) is 2.58. The molecule has 7 nitrogen and oxygen atoms in total. The Morgan fingerprint density at radius 2 is 1.61 bits per heavy atom. The monoisotopic (exact) mass is 322 g/mol. The number of amides is 2. The van der Waals surface area contributed by atoms with E-state index in [1.165, 1.54) is 6.92 Å². The topological polar surface area (TPSA) is 96.7 Å². The van der Waals surface area contributed by atoms with Crippen LogP contribution < -0.4 is 0 Å². The van der Waals surface area contributed by atoms with E-state index in [2.05, 4.69) is 0 Å². The van der Waals surface area contributed by atoms with Gasteiger partial charge in [-0.2, -0.15) is 5.26 Å². The molecule has 0 spiro atoms. The molecule has 0 N–H and O–H groups in total. The van der Waals surface area contributed by atoms with E-state index in [1.54, 1.807) is 47.6 Å². The summed E-state index contributed by atoms with van der Waals surface area (Å²) in [5.74, 6) is -1.75. The molecule has 0 aromatic rings. The van der Waals surface area contributed by atoms with Gasteiger partial charge < -0.3 is 9.47 Å². The van der Waals surface area contributed by atoms with Crippen molar-refractivity contribution in [2.24, 2.45) is 0 Å². The number of esters is 1. The van der Waals surface area contributed by atoms with Crippen LogP contribution in [-0.4, -0.2) is 39.6 Å². The normalized spacial score (nSPS) is 21.6. The van der Waals surface area contributed by atoms with Crippen LogP contribution in [0.3, 0.4) is 0 Å². The molecule has 0 fully saturated rings. The van der Waals surface area contributed by atoms with Gasteiger partial charge in [-0.1, -0.05) is 0 Å². The molecule has 0 unspecified atom stereocenters.